The molecule has 1 fully saturated rings. The van der Waals surface area contributed by atoms with Crippen LogP contribution in [-0.2, 0) is 14.4 Å². The second-order valence-electron chi connectivity index (χ2n) is 3.39. The fourth-order valence-corrected chi connectivity index (χ4v) is 1.08. The molecular weight excluding hydrogens is 226 g/mol. The summed E-state index contributed by atoms with van der Waals surface area (Å²) in [5, 5.41) is 11.0. The van der Waals surface area contributed by atoms with E-state index in [1.165, 1.54) is 6.92 Å². The topological polar surface area (TPSA) is 87.7 Å². The predicted molar refractivity (Wildman–Crippen MR) is 47.0 cm³/mol. The lowest BCUT2D eigenvalue weighted by atomic mass is 10.1. The van der Waals surface area contributed by atoms with E-state index in [1.807, 2.05) is 10.8 Å². The van der Waals surface area contributed by atoms with Crippen molar-refractivity contribution in [2.45, 2.75) is 25.5 Å². The fourth-order valence-electron chi connectivity index (χ4n) is 1.08. The highest BCUT2D eigenvalue weighted by Gasteiger charge is 2.42. The summed E-state index contributed by atoms with van der Waals surface area (Å²) in [4.78, 5) is 26.4. The molecule has 1 saturated heterocycles. The Morgan fingerprint density at radius 2 is 2.31 bits per heavy atom. The van der Waals surface area contributed by atoms with Gasteiger partial charge in [0.1, 0.15) is 0 Å². The maximum absolute atomic E-state index is 12.8. The van der Waals surface area contributed by atoms with Crippen molar-refractivity contribution in [3.8, 4) is 0 Å². The van der Waals surface area contributed by atoms with Gasteiger partial charge in [0.05, 0.1) is 6.54 Å². The van der Waals surface area contributed by atoms with Crippen molar-refractivity contribution in [2.24, 2.45) is 5.92 Å². The van der Waals surface area contributed by atoms with Crippen molar-refractivity contribution in [2.75, 3.05) is 6.54 Å². The lowest BCUT2D eigenvalue weighted by Gasteiger charge is -2.16. The van der Waals surface area contributed by atoms with Gasteiger partial charge in [0, 0.05) is 6.42 Å². The van der Waals surface area contributed by atoms with Crippen LogP contribution in [0.4, 0.5) is 8.78 Å². The number of hydrogen-bond donors (Lipinski definition) is 3. The summed E-state index contributed by atoms with van der Waals surface area (Å²) in [6, 6.07) is 0. The van der Waals surface area contributed by atoms with Crippen LogP contribution in [0.15, 0.2) is 0 Å². The molecule has 0 aromatic heterocycles. The van der Waals surface area contributed by atoms with E-state index >= 15 is 0 Å². The minimum absolute atomic E-state index is 0.427. The van der Waals surface area contributed by atoms with Gasteiger partial charge in [-0.05, 0) is 0 Å². The third-order valence-corrected chi connectivity index (χ3v) is 2.17. The van der Waals surface area contributed by atoms with Gasteiger partial charge in [0.15, 0.2) is 12.1 Å². The summed E-state index contributed by atoms with van der Waals surface area (Å²) in [5.41, 5.74) is 1.87. The zero-order valence-electron chi connectivity index (χ0n) is 8.50. The molecule has 0 bridgehead atoms. The van der Waals surface area contributed by atoms with Gasteiger partial charge in [0.25, 0.3) is 5.92 Å². The Balaban J connectivity index is 2.50. The monoisotopic (exact) mass is 238 g/mol. The van der Waals surface area contributed by atoms with Gasteiger partial charge in [-0.2, -0.15) is 0 Å². The molecule has 0 saturated carbocycles. The molecule has 0 aliphatic carbocycles. The molecule has 0 aromatic carbocycles. The Morgan fingerprint density at radius 1 is 1.69 bits per heavy atom. The normalized spacial score (nSPS) is 25.4. The Hall–Kier alpha value is -1.28. The zero-order valence-corrected chi connectivity index (χ0v) is 8.50. The lowest BCUT2D eigenvalue weighted by Crippen LogP contribution is -2.44. The van der Waals surface area contributed by atoms with Crippen LogP contribution in [0.2, 0.25) is 0 Å². The first-order valence-corrected chi connectivity index (χ1v) is 4.67. The highest BCUT2D eigenvalue weighted by molar-refractivity contribution is 5.99. The predicted octanol–water partition coefficient (Wildman–Crippen LogP) is -0.856. The molecule has 2 unspecified atom stereocenters. The smallest absolute Gasteiger partial charge is 0.341 e. The number of amides is 1. The van der Waals surface area contributed by atoms with Gasteiger partial charge < -0.3 is 15.3 Å². The van der Waals surface area contributed by atoms with Crippen LogP contribution in [0.5, 0.6) is 0 Å². The van der Waals surface area contributed by atoms with E-state index in [0.29, 0.717) is 0 Å². The summed E-state index contributed by atoms with van der Waals surface area (Å²) < 4.78 is 25.6. The molecule has 0 radical (unpaired) electrons. The molecule has 8 heteroatoms. The largest absolute Gasteiger partial charge is 0.374 e. The van der Waals surface area contributed by atoms with Crippen LogP contribution < -0.4 is 10.8 Å². The maximum atomic E-state index is 12.8. The minimum atomic E-state index is -3.03. The number of rotatable bonds is 4. The van der Waals surface area contributed by atoms with E-state index < -0.39 is 42.9 Å². The van der Waals surface area contributed by atoms with Crippen LogP contribution in [-0.4, -0.2) is 35.7 Å². The molecule has 0 aromatic rings. The number of aliphatic hydroxyl groups is 1. The van der Waals surface area contributed by atoms with Gasteiger partial charge in [-0.15, -0.1) is 5.48 Å². The first-order valence-electron chi connectivity index (χ1n) is 4.67. The van der Waals surface area contributed by atoms with Crippen molar-refractivity contribution in [1.29, 1.82) is 0 Å². The molecule has 1 aliphatic rings. The standard InChI is InChI=1S/C8H12F2N2O4/c1-2-8(9,10)3-11-5(13)4-6(14)12-16-7(4)15/h4,6,12,14H,2-3H2,1H3,(H,11,13). The van der Waals surface area contributed by atoms with Gasteiger partial charge in [-0.1, -0.05) is 6.92 Å². The Labute approximate surface area is 89.9 Å². The highest BCUT2D eigenvalue weighted by Crippen LogP contribution is 2.17. The number of hydrogen-bond acceptors (Lipinski definition) is 5. The van der Waals surface area contributed by atoms with Gasteiger partial charge in [-0.3, -0.25) is 4.79 Å². The van der Waals surface area contributed by atoms with Crippen molar-refractivity contribution < 1.29 is 28.3 Å². The second kappa shape index (κ2) is 4.71. The molecule has 92 valence electrons. The molecule has 1 heterocycles. The number of carbonyl (C=O) groups is 2. The molecular formula is C8H12F2N2O4. The summed E-state index contributed by atoms with van der Waals surface area (Å²) >= 11 is 0. The SMILES string of the molecule is CCC(F)(F)CNC(=O)C1C(=O)ONC1O. The third-order valence-electron chi connectivity index (χ3n) is 2.17. The number of halogens is 2. The Kier molecular flexibility index (Phi) is 3.76. The maximum Gasteiger partial charge on any atom is 0.341 e. The van der Waals surface area contributed by atoms with Crippen LogP contribution in [0.3, 0.4) is 0 Å². The lowest BCUT2D eigenvalue weighted by molar-refractivity contribution is -0.148. The van der Waals surface area contributed by atoms with E-state index in [2.05, 4.69) is 4.84 Å². The van der Waals surface area contributed by atoms with E-state index in [0.717, 1.165) is 0 Å². The van der Waals surface area contributed by atoms with E-state index in [4.69, 9.17) is 5.11 Å². The van der Waals surface area contributed by atoms with Crippen molar-refractivity contribution in [3.05, 3.63) is 0 Å². The van der Waals surface area contributed by atoms with Gasteiger partial charge in [0.2, 0.25) is 5.91 Å². The Morgan fingerprint density at radius 3 is 2.75 bits per heavy atom. The first kappa shape index (κ1) is 12.8. The molecule has 1 amide bonds. The molecule has 3 N–H and O–H groups in total. The van der Waals surface area contributed by atoms with Crippen LogP contribution in [0.1, 0.15) is 13.3 Å². The summed E-state index contributed by atoms with van der Waals surface area (Å²) in [7, 11) is 0. The Bertz CT molecular complexity index is 298. The minimum Gasteiger partial charge on any atom is -0.374 e. The average molecular weight is 238 g/mol. The number of alkyl halides is 2. The zero-order chi connectivity index (χ0) is 12.3. The van der Waals surface area contributed by atoms with Crippen molar-refractivity contribution in [3.63, 3.8) is 0 Å². The van der Waals surface area contributed by atoms with Crippen molar-refractivity contribution >= 4 is 11.9 Å². The third kappa shape index (κ3) is 2.86. The molecule has 0 spiro atoms. The van der Waals surface area contributed by atoms with Crippen LogP contribution in [0, 0.1) is 5.92 Å². The number of nitrogens with one attached hydrogen (secondary N) is 2. The summed E-state index contributed by atoms with van der Waals surface area (Å²) in [6.45, 7) is 0.394. The van der Waals surface area contributed by atoms with Gasteiger partial charge in [-0.25, -0.2) is 13.6 Å². The van der Waals surface area contributed by atoms with Crippen LogP contribution >= 0.6 is 0 Å². The molecule has 2 atom stereocenters. The summed E-state index contributed by atoms with van der Waals surface area (Å²) in [6.07, 6.45) is -1.94. The number of aliphatic hydroxyl groups excluding tert-OH is 1. The van der Waals surface area contributed by atoms with Crippen LogP contribution in [0.25, 0.3) is 0 Å². The second-order valence-corrected chi connectivity index (χ2v) is 3.39. The number of carbonyl (C=O) groups excluding carboxylic acids is 2. The van der Waals surface area contributed by atoms with Gasteiger partial charge >= 0.3 is 5.97 Å². The van der Waals surface area contributed by atoms with E-state index in [9.17, 15) is 18.4 Å². The molecule has 1 aliphatic heterocycles. The number of hydroxylamine groups is 1. The molecule has 6 nitrogen and oxygen atoms in total. The fraction of sp³-hybridized carbons (Fsp3) is 0.750. The van der Waals surface area contributed by atoms with E-state index in [1.54, 1.807) is 0 Å². The average Bonchev–Trinajstić information content (AvgIpc) is 2.55. The summed E-state index contributed by atoms with van der Waals surface area (Å²) in [5.74, 6) is -6.52. The van der Waals surface area contributed by atoms with Crippen molar-refractivity contribution in [1.82, 2.24) is 10.8 Å². The quantitative estimate of drug-likeness (QED) is 0.555. The van der Waals surface area contributed by atoms with E-state index in [-0.39, 0.29) is 0 Å². The highest BCUT2D eigenvalue weighted by atomic mass is 19.3. The molecule has 16 heavy (non-hydrogen) atoms. The molecule has 1 rings (SSSR count). The first-order chi connectivity index (χ1) is 7.37.